The molecule has 0 aliphatic rings. The van der Waals surface area contributed by atoms with Gasteiger partial charge in [-0.25, -0.2) is 34.9 Å². The summed E-state index contributed by atoms with van der Waals surface area (Å²) < 4.78 is 0. The van der Waals surface area contributed by atoms with Crippen LogP contribution in [-0.4, -0.2) is 54.8 Å². The summed E-state index contributed by atoms with van der Waals surface area (Å²) in [4.78, 5) is 53.2. The van der Waals surface area contributed by atoms with Crippen molar-refractivity contribution in [1.82, 2.24) is 54.8 Å². The quantitative estimate of drug-likeness (QED) is 0.106. The van der Waals surface area contributed by atoms with Crippen LogP contribution < -0.4 is 0 Å². The lowest BCUT2D eigenvalue weighted by Gasteiger charge is -2.16. The van der Waals surface area contributed by atoms with Crippen molar-refractivity contribution < 1.29 is 0 Å². The van der Waals surface area contributed by atoms with E-state index in [4.69, 9.17) is 44.9 Å². The standard InChI is InChI=1S/C29H17N.C28H16N2.C27H15N3.C25H13N5/c1-2-9-19-17-26-25(16-18(19)8-1)24-14-7-15-30-29(24)28-23-13-6-4-11-21(23)20-10-3-5-12-22(20)27(26)28;1-6-14-24-17(8-1)16-23-25-20-11-4-2-9-18(20)19-10-3-5-12-21(19)26(25)28-22(27(23)30-24)13-7-15-29-28;1-3-10-18-16(8-1)17-9-2-4-11-19(17)24-23(18)25-20(12-7-15-28-25)26-27(24)30-22-14-6-5-13-21(22)29-26;1-3-8-16-14(6-1)15-7-2-4-9-17(15)20-19(16)21-18(10-5-11-26-21)22-23(20)30-25-24(29-22)27-12-13-28-25/h1-17H;1-16H;1-15H;1-13H. The molecule has 0 N–H and O–H groups in total. The number of hydrogen-bond donors (Lipinski definition) is 0. The number of benzene rings is 20. The van der Waals surface area contributed by atoms with Crippen LogP contribution in [0.1, 0.15) is 0 Å². The van der Waals surface area contributed by atoms with Crippen LogP contribution in [-0.2, 0) is 0 Å². The summed E-state index contributed by atoms with van der Waals surface area (Å²) in [5.41, 5.74) is 12.4. The summed E-state index contributed by atoms with van der Waals surface area (Å²) in [5, 5.41) is 40.9. The van der Waals surface area contributed by atoms with Crippen LogP contribution in [0.25, 0.3) is 261 Å². The molecule has 28 aromatic rings. The number of aromatic nitrogens is 11. The molecule has 0 aliphatic heterocycles. The smallest absolute Gasteiger partial charge is 0.198 e. The number of hydrogen-bond acceptors (Lipinski definition) is 11. The minimum Gasteiger partial charge on any atom is -0.256 e. The zero-order valence-corrected chi connectivity index (χ0v) is 64.1. The molecule has 0 spiro atoms. The van der Waals surface area contributed by atoms with Crippen molar-refractivity contribution in [2.24, 2.45) is 0 Å². The van der Waals surface area contributed by atoms with Crippen molar-refractivity contribution in [1.29, 1.82) is 0 Å². The molecule has 552 valence electrons. The summed E-state index contributed by atoms with van der Waals surface area (Å²) in [6, 6.07) is 118. The Morgan fingerprint density at radius 3 is 0.792 bits per heavy atom. The van der Waals surface area contributed by atoms with Crippen molar-refractivity contribution in [2.75, 3.05) is 0 Å². The second kappa shape index (κ2) is 26.6. The fraction of sp³-hybridized carbons (Fsp3) is 0. The highest BCUT2D eigenvalue weighted by atomic mass is 15.0. The number of nitrogens with zero attached hydrogens (tertiary/aromatic N) is 11. The average molecular weight is 1520 g/mol. The van der Waals surface area contributed by atoms with Gasteiger partial charge in [0.05, 0.1) is 55.2 Å². The minimum atomic E-state index is 0.541. The predicted octanol–water partition coefficient (Wildman–Crippen LogP) is 27.8. The van der Waals surface area contributed by atoms with Crippen LogP contribution in [0.4, 0.5) is 0 Å². The number of pyridine rings is 5. The van der Waals surface area contributed by atoms with Gasteiger partial charge >= 0.3 is 0 Å². The van der Waals surface area contributed by atoms with E-state index >= 15 is 0 Å². The van der Waals surface area contributed by atoms with Gasteiger partial charge in [-0.15, -0.1) is 0 Å². The first-order valence-electron chi connectivity index (χ1n) is 40.4. The van der Waals surface area contributed by atoms with E-state index < -0.39 is 0 Å². The zero-order chi connectivity index (χ0) is 78.6. The number of para-hydroxylation sites is 3. The SMILES string of the molecule is c1ccc2c(c1)c1ccccc1c1c3nc4nccnc4nc3c3cccnc3c21.c1ccc2cc3c(cc2c1)c1cccnc1c1c2ccccc2c2ccccc2c31.c1ccc2nc3c(nc2c1)c1cccnc1c1c2ccccc2c2ccccc2c31.c1ccc2nc3c4cccnc4c4c5ccccc5c5ccccc5c4c3cc2c1. The first kappa shape index (κ1) is 67.0. The summed E-state index contributed by atoms with van der Waals surface area (Å²) in [6.45, 7) is 0. The van der Waals surface area contributed by atoms with Gasteiger partial charge in [-0.1, -0.05) is 255 Å². The van der Waals surface area contributed by atoms with Gasteiger partial charge in [-0.2, -0.15) is 0 Å². The highest BCUT2D eigenvalue weighted by Crippen LogP contribution is 2.49. The Labute approximate surface area is 681 Å². The molecule has 20 aromatic carbocycles. The van der Waals surface area contributed by atoms with E-state index in [1.165, 1.54) is 129 Å². The largest absolute Gasteiger partial charge is 0.256 e. The summed E-state index contributed by atoms with van der Waals surface area (Å²) in [5.74, 6) is 0. The topological polar surface area (TPSA) is 142 Å². The Balaban J connectivity index is 0.0000000886. The summed E-state index contributed by atoms with van der Waals surface area (Å²) in [7, 11) is 0. The molecule has 0 radical (unpaired) electrons. The fourth-order valence-corrected chi connectivity index (χ4v) is 19.5. The third-order valence-corrected chi connectivity index (χ3v) is 24.5. The van der Waals surface area contributed by atoms with Crippen molar-refractivity contribution in [3.8, 4) is 0 Å². The normalized spacial score (nSPS) is 12.0. The first-order chi connectivity index (χ1) is 59.6. The van der Waals surface area contributed by atoms with Crippen LogP contribution in [0.5, 0.6) is 0 Å². The molecule has 0 fully saturated rings. The van der Waals surface area contributed by atoms with Gasteiger partial charge in [0.25, 0.3) is 0 Å². The molecule has 0 saturated carbocycles. The van der Waals surface area contributed by atoms with Crippen LogP contribution in [0.3, 0.4) is 0 Å². The highest BCUT2D eigenvalue weighted by Gasteiger charge is 2.24. The third kappa shape index (κ3) is 10.1. The van der Waals surface area contributed by atoms with Crippen molar-refractivity contribution in [3.63, 3.8) is 0 Å². The molecule has 0 saturated heterocycles. The van der Waals surface area contributed by atoms with E-state index in [2.05, 4.69) is 289 Å². The molecule has 11 heteroatoms. The Kier molecular flexibility index (Phi) is 14.9. The average Bonchev–Trinajstić information content (AvgIpc) is 0.722. The molecule has 0 aliphatic carbocycles. The maximum absolute atomic E-state index is 5.12. The molecule has 0 atom stereocenters. The second-order valence-corrected chi connectivity index (χ2v) is 30.8. The van der Waals surface area contributed by atoms with E-state index in [1.807, 2.05) is 79.4 Å². The molecule has 0 unspecified atom stereocenters. The monoisotopic (exact) mass is 1520 g/mol. The van der Waals surface area contributed by atoms with Crippen LogP contribution in [0.2, 0.25) is 0 Å². The van der Waals surface area contributed by atoms with Gasteiger partial charge in [0.2, 0.25) is 0 Å². The molecular formula is C109H61N11. The highest BCUT2D eigenvalue weighted by molar-refractivity contribution is 6.43. The number of rotatable bonds is 0. The summed E-state index contributed by atoms with van der Waals surface area (Å²) in [6.07, 6.45) is 10.8. The van der Waals surface area contributed by atoms with Gasteiger partial charge in [-0.05, 0) is 187 Å². The van der Waals surface area contributed by atoms with Crippen molar-refractivity contribution in [3.05, 3.63) is 371 Å². The Morgan fingerprint density at radius 2 is 0.375 bits per heavy atom. The van der Waals surface area contributed by atoms with Crippen LogP contribution in [0.15, 0.2) is 371 Å². The lowest BCUT2D eigenvalue weighted by molar-refractivity contribution is 1.20. The predicted molar refractivity (Wildman–Crippen MR) is 502 cm³/mol. The van der Waals surface area contributed by atoms with Crippen molar-refractivity contribution in [2.45, 2.75) is 0 Å². The molecule has 0 bridgehead atoms. The second-order valence-electron chi connectivity index (χ2n) is 30.8. The first-order valence-corrected chi connectivity index (χ1v) is 40.4. The zero-order valence-electron chi connectivity index (χ0n) is 64.1. The van der Waals surface area contributed by atoms with Crippen LogP contribution in [0, 0.1) is 0 Å². The fourth-order valence-electron chi connectivity index (χ4n) is 19.5. The molecule has 0 amide bonds. The molecule has 120 heavy (non-hydrogen) atoms. The number of fused-ring (bicyclic) bond motifs is 48. The summed E-state index contributed by atoms with van der Waals surface area (Å²) >= 11 is 0. The molecule has 8 aromatic heterocycles. The van der Waals surface area contributed by atoms with E-state index in [9.17, 15) is 0 Å². The van der Waals surface area contributed by atoms with Crippen LogP contribution >= 0.6 is 0 Å². The third-order valence-electron chi connectivity index (χ3n) is 24.5. The molecular weight excluding hydrogens is 1460 g/mol. The van der Waals surface area contributed by atoms with Gasteiger partial charge in [0, 0.05) is 113 Å². The lowest BCUT2D eigenvalue weighted by Crippen LogP contribution is -1.96. The molecule has 8 heterocycles. The Bertz CT molecular complexity index is 8240. The Hall–Kier alpha value is -16.4. The maximum atomic E-state index is 5.12. The van der Waals surface area contributed by atoms with Gasteiger partial charge in [0.15, 0.2) is 11.3 Å². The minimum absolute atomic E-state index is 0.541. The maximum Gasteiger partial charge on any atom is 0.198 e. The Morgan fingerprint density at radius 1 is 0.125 bits per heavy atom. The molecule has 11 nitrogen and oxygen atoms in total. The van der Waals surface area contributed by atoms with E-state index in [0.717, 1.165) is 120 Å². The van der Waals surface area contributed by atoms with E-state index in [0.29, 0.717) is 11.3 Å². The van der Waals surface area contributed by atoms with E-state index in [-0.39, 0.29) is 0 Å². The van der Waals surface area contributed by atoms with Crippen molar-refractivity contribution >= 4 is 261 Å². The van der Waals surface area contributed by atoms with Gasteiger partial charge < -0.3 is 0 Å². The van der Waals surface area contributed by atoms with Gasteiger partial charge in [0.1, 0.15) is 11.0 Å². The van der Waals surface area contributed by atoms with E-state index in [1.54, 1.807) is 12.4 Å². The molecule has 28 rings (SSSR count). The lowest BCUT2D eigenvalue weighted by atomic mass is 9.88. The van der Waals surface area contributed by atoms with Gasteiger partial charge in [-0.3, -0.25) is 19.9 Å².